The molecule has 0 spiro atoms. The molecule has 2 aromatic rings. The molecule has 0 N–H and O–H groups in total. The number of amides is 1. The molecule has 0 aliphatic carbocycles. The molecule has 1 saturated heterocycles. The Morgan fingerprint density at radius 2 is 1.47 bits per heavy atom. The molecule has 1 aliphatic rings. The number of anilines is 1. The predicted molar refractivity (Wildman–Crippen MR) is 77.3 cm³/mol. The molecule has 3 rings (SSSR count). The molecule has 0 radical (unpaired) electrons. The van der Waals surface area contributed by atoms with Crippen molar-refractivity contribution in [2.24, 2.45) is 0 Å². The first kappa shape index (κ1) is 12.0. The smallest absolute Gasteiger partial charge is 0.228 e. The van der Waals surface area contributed by atoms with Crippen LogP contribution < -0.4 is 4.90 Å². The quantitative estimate of drug-likeness (QED) is 0.764. The fourth-order valence-corrected chi connectivity index (χ4v) is 2.36. The van der Waals surface area contributed by atoms with Gasteiger partial charge in [-0.2, -0.15) is 0 Å². The highest BCUT2D eigenvalue weighted by Crippen LogP contribution is 2.22. The third kappa shape index (κ3) is 2.68. The van der Waals surface area contributed by atoms with Gasteiger partial charge in [-0.1, -0.05) is 42.5 Å². The average molecular weight is 251 g/mol. The zero-order chi connectivity index (χ0) is 13.1. The molecule has 2 nitrogen and oxygen atoms in total. The number of hydrogen-bond donors (Lipinski definition) is 0. The summed E-state index contributed by atoms with van der Waals surface area (Å²) in [6.07, 6.45) is 2.79. The van der Waals surface area contributed by atoms with Crippen LogP contribution in [0.1, 0.15) is 17.5 Å². The van der Waals surface area contributed by atoms with E-state index in [4.69, 9.17) is 0 Å². The second-order valence-corrected chi connectivity index (χ2v) is 4.95. The van der Waals surface area contributed by atoms with Crippen molar-refractivity contribution >= 4 is 11.6 Å². The lowest BCUT2D eigenvalue weighted by Crippen LogP contribution is -2.43. The molecular formula is C17H17NO. The first-order valence-electron chi connectivity index (χ1n) is 6.76. The van der Waals surface area contributed by atoms with Crippen molar-refractivity contribution in [3.8, 4) is 0 Å². The van der Waals surface area contributed by atoms with Gasteiger partial charge >= 0.3 is 0 Å². The van der Waals surface area contributed by atoms with Gasteiger partial charge in [0.15, 0.2) is 0 Å². The number of nitrogens with zero attached hydrogens (tertiary/aromatic N) is 1. The van der Waals surface area contributed by atoms with E-state index in [0.29, 0.717) is 6.42 Å². The lowest BCUT2D eigenvalue weighted by atomic mass is 10.0. The standard InChI is InChI=1S/C17H17NO/c19-17-12-13-18(17)16-10-8-15(9-11-16)7-6-14-4-2-1-3-5-14/h1-5,8-11H,6-7,12-13H2. The van der Waals surface area contributed by atoms with Crippen LogP contribution in [0, 0.1) is 0 Å². The average Bonchev–Trinajstić information content (AvgIpc) is 2.46. The first-order chi connectivity index (χ1) is 9.33. The minimum Gasteiger partial charge on any atom is -0.312 e. The number of carbonyl (C=O) groups excluding carboxylic acids is 1. The van der Waals surface area contributed by atoms with Crippen molar-refractivity contribution in [2.45, 2.75) is 19.3 Å². The SMILES string of the molecule is O=C1CCN1c1ccc(CCc2ccccc2)cc1. The highest BCUT2D eigenvalue weighted by molar-refractivity contribution is 5.99. The summed E-state index contributed by atoms with van der Waals surface area (Å²) < 4.78 is 0. The Morgan fingerprint density at radius 3 is 2.00 bits per heavy atom. The zero-order valence-corrected chi connectivity index (χ0v) is 10.9. The van der Waals surface area contributed by atoms with E-state index in [-0.39, 0.29) is 5.91 Å². The second-order valence-electron chi connectivity index (χ2n) is 4.95. The van der Waals surface area contributed by atoms with Crippen LogP contribution in [-0.4, -0.2) is 12.5 Å². The van der Waals surface area contributed by atoms with Crippen LogP contribution in [0.15, 0.2) is 54.6 Å². The molecule has 2 heteroatoms. The number of rotatable bonds is 4. The van der Waals surface area contributed by atoms with E-state index in [1.807, 2.05) is 11.0 Å². The van der Waals surface area contributed by atoms with Gasteiger partial charge in [0.25, 0.3) is 0 Å². The van der Waals surface area contributed by atoms with Crippen LogP contribution >= 0.6 is 0 Å². The van der Waals surface area contributed by atoms with E-state index in [2.05, 4.69) is 48.5 Å². The number of aryl methyl sites for hydroxylation is 2. The molecule has 1 fully saturated rings. The molecule has 1 amide bonds. The van der Waals surface area contributed by atoms with Gasteiger partial charge in [0.1, 0.15) is 0 Å². The Kier molecular flexibility index (Phi) is 3.32. The van der Waals surface area contributed by atoms with Crippen molar-refractivity contribution in [3.63, 3.8) is 0 Å². The molecule has 1 heterocycles. The molecule has 0 saturated carbocycles. The minimum atomic E-state index is 0.233. The zero-order valence-electron chi connectivity index (χ0n) is 10.9. The number of benzene rings is 2. The van der Waals surface area contributed by atoms with E-state index in [1.165, 1.54) is 11.1 Å². The predicted octanol–water partition coefficient (Wildman–Crippen LogP) is 3.21. The van der Waals surface area contributed by atoms with Crippen molar-refractivity contribution in [3.05, 3.63) is 65.7 Å². The van der Waals surface area contributed by atoms with E-state index >= 15 is 0 Å². The van der Waals surface area contributed by atoms with Crippen LogP contribution in [0.3, 0.4) is 0 Å². The summed E-state index contributed by atoms with van der Waals surface area (Å²) in [4.78, 5) is 13.2. The number of carbonyl (C=O) groups is 1. The third-order valence-corrected chi connectivity index (χ3v) is 3.64. The molecule has 19 heavy (non-hydrogen) atoms. The van der Waals surface area contributed by atoms with Crippen LogP contribution in [0.2, 0.25) is 0 Å². The van der Waals surface area contributed by atoms with Crippen molar-refractivity contribution in [1.82, 2.24) is 0 Å². The highest BCUT2D eigenvalue weighted by atomic mass is 16.2. The van der Waals surface area contributed by atoms with Crippen molar-refractivity contribution < 1.29 is 4.79 Å². The van der Waals surface area contributed by atoms with E-state index < -0.39 is 0 Å². The summed E-state index contributed by atoms with van der Waals surface area (Å²) in [6, 6.07) is 18.9. The molecular weight excluding hydrogens is 234 g/mol. The van der Waals surface area contributed by atoms with Crippen LogP contribution in [0.5, 0.6) is 0 Å². The molecule has 96 valence electrons. The van der Waals surface area contributed by atoms with Gasteiger partial charge < -0.3 is 4.90 Å². The van der Waals surface area contributed by atoms with E-state index in [9.17, 15) is 4.79 Å². The van der Waals surface area contributed by atoms with Crippen molar-refractivity contribution in [2.75, 3.05) is 11.4 Å². The lowest BCUT2D eigenvalue weighted by Gasteiger charge is -2.30. The molecule has 0 bridgehead atoms. The van der Waals surface area contributed by atoms with Gasteiger partial charge in [0.05, 0.1) is 0 Å². The highest BCUT2D eigenvalue weighted by Gasteiger charge is 2.24. The summed E-state index contributed by atoms with van der Waals surface area (Å²) in [6.45, 7) is 0.863. The number of β-lactam (4-membered cyclic amide) rings is 1. The molecule has 2 aromatic carbocycles. The number of hydrogen-bond acceptors (Lipinski definition) is 1. The van der Waals surface area contributed by atoms with Crippen molar-refractivity contribution in [1.29, 1.82) is 0 Å². The van der Waals surface area contributed by atoms with Gasteiger partial charge in [0, 0.05) is 18.7 Å². The largest absolute Gasteiger partial charge is 0.312 e. The lowest BCUT2D eigenvalue weighted by molar-refractivity contribution is -0.122. The van der Waals surface area contributed by atoms with Crippen LogP contribution in [0.25, 0.3) is 0 Å². The summed E-state index contributed by atoms with van der Waals surface area (Å²) in [5, 5.41) is 0. The van der Waals surface area contributed by atoms with Crippen LogP contribution in [-0.2, 0) is 17.6 Å². The Hall–Kier alpha value is -2.09. The second kappa shape index (κ2) is 5.27. The minimum absolute atomic E-state index is 0.233. The Balaban J connectivity index is 1.61. The maximum absolute atomic E-state index is 11.4. The fraction of sp³-hybridized carbons (Fsp3) is 0.235. The van der Waals surface area contributed by atoms with Crippen LogP contribution in [0.4, 0.5) is 5.69 Å². The van der Waals surface area contributed by atoms with Gasteiger partial charge in [-0.15, -0.1) is 0 Å². The Labute approximate surface area is 113 Å². The van der Waals surface area contributed by atoms with E-state index in [0.717, 1.165) is 25.1 Å². The normalized spacial score (nSPS) is 14.3. The van der Waals surface area contributed by atoms with Gasteiger partial charge in [-0.25, -0.2) is 0 Å². The molecule has 0 atom stereocenters. The molecule has 0 unspecified atom stereocenters. The fourth-order valence-electron chi connectivity index (χ4n) is 2.36. The molecule has 1 aliphatic heterocycles. The summed E-state index contributed by atoms with van der Waals surface area (Å²) in [5.41, 5.74) is 3.71. The topological polar surface area (TPSA) is 20.3 Å². The summed E-state index contributed by atoms with van der Waals surface area (Å²) >= 11 is 0. The molecule has 0 aromatic heterocycles. The van der Waals surface area contributed by atoms with Gasteiger partial charge in [-0.05, 0) is 36.1 Å². The monoisotopic (exact) mass is 251 g/mol. The summed E-state index contributed by atoms with van der Waals surface area (Å²) in [7, 11) is 0. The van der Waals surface area contributed by atoms with Gasteiger partial charge in [0.2, 0.25) is 5.91 Å². The Morgan fingerprint density at radius 1 is 0.842 bits per heavy atom. The Bertz CT molecular complexity index is 560. The third-order valence-electron chi connectivity index (χ3n) is 3.64. The van der Waals surface area contributed by atoms with E-state index in [1.54, 1.807) is 0 Å². The maximum atomic E-state index is 11.4. The maximum Gasteiger partial charge on any atom is 0.228 e. The summed E-state index contributed by atoms with van der Waals surface area (Å²) in [5.74, 6) is 0.233. The van der Waals surface area contributed by atoms with Gasteiger partial charge in [-0.3, -0.25) is 4.79 Å². The first-order valence-corrected chi connectivity index (χ1v) is 6.76.